The lowest BCUT2D eigenvalue weighted by Gasteiger charge is -2.03. The summed E-state index contributed by atoms with van der Waals surface area (Å²) >= 11 is 1.49. The van der Waals surface area contributed by atoms with Crippen LogP contribution in [0.15, 0.2) is 36.4 Å². The molecule has 106 valence electrons. The lowest BCUT2D eigenvalue weighted by molar-refractivity contribution is 0.174. The first-order chi connectivity index (χ1) is 10.3. The van der Waals surface area contributed by atoms with Crippen LogP contribution in [0.25, 0.3) is 10.2 Å². The van der Waals surface area contributed by atoms with Gasteiger partial charge in [-0.2, -0.15) is 0 Å². The van der Waals surface area contributed by atoms with Gasteiger partial charge in [-0.1, -0.05) is 17.4 Å². The molecule has 21 heavy (non-hydrogen) atoms. The zero-order chi connectivity index (χ0) is 14.2. The molecule has 0 spiro atoms. The number of nitrogen functional groups attached to an aromatic ring is 1. The first kappa shape index (κ1) is 12.3. The van der Waals surface area contributed by atoms with Crippen LogP contribution in [0.3, 0.4) is 0 Å². The van der Waals surface area contributed by atoms with Crippen molar-refractivity contribution < 1.29 is 14.2 Å². The molecular formula is C15H12N2O3S. The van der Waals surface area contributed by atoms with E-state index in [2.05, 4.69) is 4.98 Å². The maximum absolute atomic E-state index is 5.76. The van der Waals surface area contributed by atoms with Crippen molar-refractivity contribution in [3.63, 3.8) is 0 Å². The number of nitrogens with two attached hydrogens (primary N) is 1. The van der Waals surface area contributed by atoms with Crippen molar-refractivity contribution in [2.45, 2.75) is 6.61 Å². The van der Waals surface area contributed by atoms with Gasteiger partial charge in [0, 0.05) is 5.69 Å². The maximum atomic E-state index is 5.76. The fraction of sp³-hybridized carbons (Fsp3) is 0.133. The molecule has 0 unspecified atom stereocenters. The average Bonchev–Trinajstić information content (AvgIpc) is 3.09. The molecule has 0 bridgehead atoms. The summed E-state index contributed by atoms with van der Waals surface area (Å²) < 4.78 is 17.4. The van der Waals surface area contributed by atoms with Crippen LogP contribution in [0.5, 0.6) is 16.7 Å². The van der Waals surface area contributed by atoms with Gasteiger partial charge in [0.25, 0.3) is 5.19 Å². The zero-order valence-corrected chi connectivity index (χ0v) is 11.9. The van der Waals surface area contributed by atoms with Gasteiger partial charge in [0.2, 0.25) is 6.79 Å². The second-order valence-corrected chi connectivity index (χ2v) is 5.68. The highest BCUT2D eigenvalue weighted by Gasteiger charge is 2.13. The lowest BCUT2D eigenvalue weighted by atomic mass is 10.2. The summed E-state index contributed by atoms with van der Waals surface area (Å²) in [7, 11) is 0. The van der Waals surface area contributed by atoms with Crippen LogP contribution in [0.1, 0.15) is 5.56 Å². The van der Waals surface area contributed by atoms with Gasteiger partial charge >= 0.3 is 0 Å². The third-order valence-electron chi connectivity index (χ3n) is 3.19. The highest BCUT2D eigenvalue weighted by Crippen LogP contribution is 2.33. The minimum Gasteiger partial charge on any atom is -0.465 e. The van der Waals surface area contributed by atoms with E-state index >= 15 is 0 Å². The molecular weight excluding hydrogens is 288 g/mol. The number of hydrogen-bond acceptors (Lipinski definition) is 6. The van der Waals surface area contributed by atoms with Crippen molar-refractivity contribution in [1.82, 2.24) is 4.98 Å². The molecule has 2 heterocycles. The predicted octanol–water partition coefficient (Wildman–Crippen LogP) is 3.19. The summed E-state index contributed by atoms with van der Waals surface area (Å²) in [6, 6.07) is 11.4. The van der Waals surface area contributed by atoms with E-state index in [0.717, 1.165) is 33.0 Å². The Balaban J connectivity index is 1.52. The summed E-state index contributed by atoms with van der Waals surface area (Å²) in [6.07, 6.45) is 0. The van der Waals surface area contributed by atoms with Crippen molar-refractivity contribution in [2.24, 2.45) is 0 Å². The van der Waals surface area contributed by atoms with Gasteiger partial charge in [0.05, 0.1) is 10.2 Å². The second kappa shape index (κ2) is 4.82. The Hall–Kier alpha value is -2.47. The van der Waals surface area contributed by atoms with Gasteiger partial charge in [-0.15, -0.1) is 0 Å². The summed E-state index contributed by atoms with van der Waals surface area (Å²) in [4.78, 5) is 4.43. The standard InChI is InChI=1S/C15H12N2O3S/c16-10-2-3-11-14(6-10)21-15(17-11)18-7-9-1-4-12-13(5-9)20-8-19-12/h1-6H,7-8,16H2. The molecule has 1 aliphatic rings. The molecule has 0 atom stereocenters. The quantitative estimate of drug-likeness (QED) is 0.752. The molecule has 5 nitrogen and oxygen atoms in total. The molecule has 0 fully saturated rings. The molecule has 6 heteroatoms. The number of anilines is 1. The Labute approximate surface area is 124 Å². The van der Waals surface area contributed by atoms with E-state index < -0.39 is 0 Å². The first-order valence-corrected chi connectivity index (χ1v) is 7.27. The fourth-order valence-corrected chi connectivity index (χ4v) is 3.02. The van der Waals surface area contributed by atoms with Crippen molar-refractivity contribution in [3.8, 4) is 16.7 Å². The molecule has 3 aromatic rings. The van der Waals surface area contributed by atoms with E-state index in [0.29, 0.717) is 11.8 Å². The third kappa shape index (κ3) is 2.34. The summed E-state index contributed by atoms with van der Waals surface area (Å²) in [5, 5.41) is 0.633. The van der Waals surface area contributed by atoms with Crippen LogP contribution >= 0.6 is 11.3 Å². The predicted molar refractivity (Wildman–Crippen MR) is 80.9 cm³/mol. The lowest BCUT2D eigenvalue weighted by Crippen LogP contribution is -1.95. The Bertz CT molecular complexity index is 816. The molecule has 1 aliphatic heterocycles. The van der Waals surface area contributed by atoms with E-state index in [1.807, 2.05) is 36.4 Å². The number of fused-ring (bicyclic) bond motifs is 2. The second-order valence-electron chi connectivity index (χ2n) is 4.68. The van der Waals surface area contributed by atoms with Gasteiger partial charge in [0.15, 0.2) is 11.5 Å². The Kier molecular flexibility index (Phi) is 2.82. The van der Waals surface area contributed by atoms with Crippen LogP contribution in [0, 0.1) is 0 Å². The molecule has 2 aromatic carbocycles. The molecule has 1 aromatic heterocycles. The molecule has 4 rings (SSSR count). The number of nitrogens with zero attached hydrogens (tertiary/aromatic N) is 1. The molecule has 0 amide bonds. The van der Waals surface area contributed by atoms with Crippen molar-refractivity contribution in [1.29, 1.82) is 0 Å². The molecule has 0 radical (unpaired) electrons. The molecule has 0 aliphatic carbocycles. The van der Waals surface area contributed by atoms with E-state index in [1.165, 1.54) is 11.3 Å². The number of thiazole rings is 1. The van der Waals surface area contributed by atoms with E-state index in [9.17, 15) is 0 Å². The summed E-state index contributed by atoms with van der Waals surface area (Å²) in [5.74, 6) is 1.53. The topological polar surface area (TPSA) is 66.6 Å². The van der Waals surface area contributed by atoms with Crippen LogP contribution in [-0.4, -0.2) is 11.8 Å². The highest BCUT2D eigenvalue weighted by molar-refractivity contribution is 7.20. The van der Waals surface area contributed by atoms with Gasteiger partial charge in [0.1, 0.15) is 6.61 Å². The first-order valence-electron chi connectivity index (χ1n) is 6.45. The number of hydrogen-bond donors (Lipinski definition) is 1. The van der Waals surface area contributed by atoms with Gasteiger partial charge in [-0.25, -0.2) is 4.98 Å². The van der Waals surface area contributed by atoms with Gasteiger partial charge in [-0.3, -0.25) is 0 Å². The van der Waals surface area contributed by atoms with Gasteiger partial charge in [-0.05, 0) is 35.9 Å². The average molecular weight is 300 g/mol. The summed E-state index contributed by atoms with van der Waals surface area (Å²) in [5.41, 5.74) is 8.40. The van der Waals surface area contributed by atoms with Crippen molar-refractivity contribution >= 4 is 27.2 Å². The van der Waals surface area contributed by atoms with E-state index in [-0.39, 0.29) is 6.79 Å². The minimum absolute atomic E-state index is 0.277. The summed E-state index contributed by atoms with van der Waals surface area (Å²) in [6.45, 7) is 0.713. The monoisotopic (exact) mass is 300 g/mol. The minimum atomic E-state index is 0.277. The van der Waals surface area contributed by atoms with E-state index in [1.54, 1.807) is 0 Å². The third-order valence-corrected chi connectivity index (χ3v) is 4.12. The fourth-order valence-electron chi connectivity index (χ4n) is 2.16. The smallest absolute Gasteiger partial charge is 0.274 e. The Morgan fingerprint density at radius 1 is 1.14 bits per heavy atom. The highest BCUT2D eigenvalue weighted by atomic mass is 32.1. The maximum Gasteiger partial charge on any atom is 0.274 e. The van der Waals surface area contributed by atoms with Gasteiger partial charge < -0.3 is 19.9 Å². The number of ether oxygens (including phenoxy) is 3. The number of aromatic nitrogens is 1. The molecule has 0 saturated heterocycles. The number of rotatable bonds is 3. The van der Waals surface area contributed by atoms with Crippen LogP contribution in [-0.2, 0) is 6.61 Å². The van der Waals surface area contributed by atoms with Crippen molar-refractivity contribution in [3.05, 3.63) is 42.0 Å². The normalized spacial score (nSPS) is 12.8. The van der Waals surface area contributed by atoms with Crippen LogP contribution in [0.4, 0.5) is 5.69 Å². The number of benzene rings is 2. The Morgan fingerprint density at radius 2 is 2.05 bits per heavy atom. The van der Waals surface area contributed by atoms with Crippen LogP contribution in [0.2, 0.25) is 0 Å². The largest absolute Gasteiger partial charge is 0.465 e. The molecule has 0 saturated carbocycles. The zero-order valence-electron chi connectivity index (χ0n) is 11.0. The van der Waals surface area contributed by atoms with Crippen LogP contribution < -0.4 is 19.9 Å². The molecule has 2 N–H and O–H groups in total. The van der Waals surface area contributed by atoms with Crippen molar-refractivity contribution in [2.75, 3.05) is 12.5 Å². The Morgan fingerprint density at radius 3 is 3.00 bits per heavy atom. The SMILES string of the molecule is Nc1ccc2nc(OCc3ccc4c(c3)OCO4)sc2c1. The van der Waals surface area contributed by atoms with E-state index in [4.69, 9.17) is 19.9 Å².